The smallest absolute Gasteiger partial charge is 0.276 e. The minimum atomic E-state index is -3.77. The van der Waals surface area contributed by atoms with E-state index in [0.717, 1.165) is 11.1 Å². The van der Waals surface area contributed by atoms with Crippen LogP contribution < -0.4 is 14.3 Å². The van der Waals surface area contributed by atoms with Gasteiger partial charge in [-0.05, 0) is 54.4 Å². The molecule has 0 aromatic heterocycles. The van der Waals surface area contributed by atoms with Crippen molar-refractivity contribution in [2.45, 2.75) is 18.4 Å². The van der Waals surface area contributed by atoms with Gasteiger partial charge in [0.05, 0.1) is 23.2 Å². The lowest BCUT2D eigenvalue weighted by Crippen LogP contribution is -2.18. The fraction of sp³-hybridized carbons (Fsp3) is 0.136. The maximum atomic E-state index is 12.3. The molecule has 3 aromatic rings. The number of nitrogens with one attached hydrogen (secondary N) is 1. The molecule has 0 aliphatic heterocycles. The molecule has 6 nitrogen and oxygen atoms in total. The highest BCUT2D eigenvalue weighted by atomic mass is 35.5. The number of sulfonamides is 1. The summed E-state index contributed by atoms with van der Waals surface area (Å²) in [4.78, 5) is 2.30. The summed E-state index contributed by atoms with van der Waals surface area (Å²) in [6.45, 7) is 2.15. The molecule has 9 heteroatoms. The van der Waals surface area contributed by atoms with Crippen LogP contribution in [-0.4, -0.2) is 21.7 Å². The molecule has 0 saturated carbocycles. The molecule has 0 aliphatic rings. The van der Waals surface area contributed by atoms with Crippen LogP contribution >= 0.6 is 23.2 Å². The second-order valence-electron chi connectivity index (χ2n) is 6.62. The van der Waals surface area contributed by atoms with Crippen molar-refractivity contribution in [2.24, 2.45) is 5.10 Å². The van der Waals surface area contributed by atoms with Crippen molar-refractivity contribution in [3.05, 3.63) is 87.4 Å². The van der Waals surface area contributed by atoms with E-state index < -0.39 is 10.0 Å². The average Bonchev–Trinajstić information content (AvgIpc) is 2.74. The van der Waals surface area contributed by atoms with Gasteiger partial charge in [-0.1, -0.05) is 53.0 Å². The van der Waals surface area contributed by atoms with Gasteiger partial charge in [-0.2, -0.15) is 13.5 Å². The maximum Gasteiger partial charge on any atom is 0.276 e. The molecular weight excluding hydrogens is 459 g/mol. The first kappa shape index (κ1) is 22.9. The first-order chi connectivity index (χ1) is 14.8. The quantitative estimate of drug-likeness (QED) is 0.356. The van der Waals surface area contributed by atoms with Crippen LogP contribution in [0.5, 0.6) is 11.5 Å². The molecule has 3 rings (SSSR count). The van der Waals surface area contributed by atoms with Crippen LogP contribution in [0.3, 0.4) is 0 Å². The highest BCUT2D eigenvalue weighted by Gasteiger charge is 2.14. The van der Waals surface area contributed by atoms with Crippen LogP contribution in [0.1, 0.15) is 16.7 Å². The van der Waals surface area contributed by atoms with Crippen LogP contribution in [0.2, 0.25) is 10.0 Å². The van der Waals surface area contributed by atoms with Crippen LogP contribution in [0.25, 0.3) is 0 Å². The molecule has 0 atom stereocenters. The van der Waals surface area contributed by atoms with Crippen molar-refractivity contribution < 1.29 is 17.9 Å². The number of ether oxygens (including phenoxy) is 2. The molecule has 0 unspecified atom stereocenters. The van der Waals surface area contributed by atoms with Gasteiger partial charge >= 0.3 is 0 Å². The van der Waals surface area contributed by atoms with Gasteiger partial charge in [0.1, 0.15) is 6.61 Å². The van der Waals surface area contributed by atoms with Crippen molar-refractivity contribution >= 4 is 39.4 Å². The molecule has 0 amide bonds. The molecule has 0 heterocycles. The summed E-state index contributed by atoms with van der Waals surface area (Å²) >= 11 is 12.3. The number of nitrogens with zero attached hydrogens (tertiary/aromatic N) is 1. The summed E-state index contributed by atoms with van der Waals surface area (Å²) in [5.74, 6) is 0.765. The highest BCUT2D eigenvalue weighted by Crippen LogP contribution is 2.36. The number of benzene rings is 3. The highest BCUT2D eigenvalue weighted by molar-refractivity contribution is 7.89. The van der Waals surface area contributed by atoms with Crippen molar-refractivity contribution in [1.82, 2.24) is 4.83 Å². The summed E-state index contributed by atoms with van der Waals surface area (Å²) in [7, 11) is -2.28. The number of hydrazone groups is 1. The van der Waals surface area contributed by atoms with Crippen molar-refractivity contribution in [2.75, 3.05) is 7.11 Å². The lowest BCUT2D eigenvalue weighted by atomic mass is 10.2. The summed E-state index contributed by atoms with van der Waals surface area (Å²) in [6.07, 6.45) is 1.34. The van der Waals surface area contributed by atoms with E-state index in [9.17, 15) is 8.42 Å². The largest absolute Gasteiger partial charge is 0.493 e. The molecule has 0 spiro atoms. The Morgan fingerprint density at radius 3 is 2.35 bits per heavy atom. The van der Waals surface area contributed by atoms with Gasteiger partial charge in [-0.3, -0.25) is 0 Å². The Morgan fingerprint density at radius 1 is 1.03 bits per heavy atom. The Hall–Kier alpha value is -2.74. The molecular formula is C22H20Cl2N2O4S. The molecule has 0 fully saturated rings. The van der Waals surface area contributed by atoms with E-state index in [-0.39, 0.29) is 11.5 Å². The minimum absolute atomic E-state index is 0.122. The SMILES string of the molecule is COc1cc(/C=N\NS(=O)(=O)c2ccc(C)cc2)cc(Cl)c1OCc1ccc(Cl)cc1. The Morgan fingerprint density at radius 2 is 1.71 bits per heavy atom. The Balaban J connectivity index is 1.72. The molecule has 0 bridgehead atoms. The fourth-order valence-corrected chi connectivity index (χ4v) is 3.82. The predicted molar refractivity (Wildman–Crippen MR) is 123 cm³/mol. The number of halogens is 2. The first-order valence-corrected chi connectivity index (χ1v) is 11.4. The molecule has 1 N–H and O–H groups in total. The predicted octanol–water partition coefficient (Wildman–Crippen LogP) is 5.20. The number of hydrogen-bond acceptors (Lipinski definition) is 5. The molecule has 0 saturated heterocycles. The van der Waals surface area contributed by atoms with Crippen LogP contribution in [0.15, 0.2) is 70.7 Å². The molecule has 0 radical (unpaired) electrons. The normalized spacial score (nSPS) is 11.5. The zero-order valence-electron chi connectivity index (χ0n) is 16.8. The van der Waals surface area contributed by atoms with Gasteiger partial charge < -0.3 is 9.47 Å². The van der Waals surface area contributed by atoms with E-state index in [4.69, 9.17) is 32.7 Å². The third kappa shape index (κ3) is 6.13. The van der Waals surface area contributed by atoms with Gasteiger partial charge in [-0.25, -0.2) is 4.83 Å². The van der Waals surface area contributed by atoms with E-state index in [1.54, 1.807) is 36.4 Å². The Kier molecular flexibility index (Phi) is 7.43. The standard InChI is InChI=1S/C22H20Cl2N2O4S/c1-15-3-9-19(10-4-15)31(27,28)26-25-13-17-11-20(24)22(21(12-17)29-2)30-14-16-5-7-18(23)8-6-16/h3-13,26H,14H2,1-2H3/b25-13-. The maximum absolute atomic E-state index is 12.3. The first-order valence-electron chi connectivity index (χ1n) is 9.15. The molecule has 162 valence electrons. The molecule has 0 aliphatic carbocycles. The minimum Gasteiger partial charge on any atom is -0.493 e. The van der Waals surface area contributed by atoms with Crippen molar-refractivity contribution in [1.29, 1.82) is 0 Å². The summed E-state index contributed by atoms with van der Waals surface area (Å²) in [6, 6.07) is 17.0. The third-order valence-corrected chi connectivity index (χ3v) is 6.04. The zero-order valence-corrected chi connectivity index (χ0v) is 19.1. The summed E-state index contributed by atoms with van der Waals surface area (Å²) in [5.41, 5.74) is 2.41. The Labute approximate surface area is 191 Å². The lowest BCUT2D eigenvalue weighted by molar-refractivity contribution is 0.284. The van der Waals surface area contributed by atoms with Gasteiger partial charge in [-0.15, -0.1) is 0 Å². The van der Waals surface area contributed by atoms with Crippen LogP contribution in [0.4, 0.5) is 0 Å². The third-order valence-electron chi connectivity index (χ3n) is 4.27. The van der Waals surface area contributed by atoms with E-state index in [2.05, 4.69) is 9.93 Å². The van der Waals surface area contributed by atoms with Gasteiger partial charge in [0.25, 0.3) is 10.0 Å². The zero-order chi connectivity index (χ0) is 22.4. The molecule has 3 aromatic carbocycles. The van der Waals surface area contributed by atoms with Crippen LogP contribution in [0, 0.1) is 6.92 Å². The van der Waals surface area contributed by atoms with E-state index in [1.165, 1.54) is 25.5 Å². The van der Waals surface area contributed by atoms with Crippen LogP contribution in [-0.2, 0) is 16.6 Å². The fourth-order valence-electron chi connectivity index (χ4n) is 2.63. The number of aryl methyl sites for hydroxylation is 1. The number of hydrogen-bond donors (Lipinski definition) is 1. The number of rotatable bonds is 8. The monoisotopic (exact) mass is 478 g/mol. The van der Waals surface area contributed by atoms with Crippen molar-refractivity contribution in [3.63, 3.8) is 0 Å². The van der Waals surface area contributed by atoms with E-state index in [1.807, 2.05) is 19.1 Å². The van der Waals surface area contributed by atoms with Gasteiger partial charge in [0.2, 0.25) is 0 Å². The summed E-state index contributed by atoms with van der Waals surface area (Å²) in [5, 5.41) is 4.77. The van der Waals surface area contributed by atoms with E-state index >= 15 is 0 Å². The lowest BCUT2D eigenvalue weighted by Gasteiger charge is -2.13. The van der Waals surface area contributed by atoms with Gasteiger partial charge in [0, 0.05) is 5.02 Å². The van der Waals surface area contributed by atoms with Gasteiger partial charge in [0.15, 0.2) is 11.5 Å². The average molecular weight is 479 g/mol. The second kappa shape index (κ2) is 10.0. The summed E-state index contributed by atoms with van der Waals surface area (Å²) < 4.78 is 35.8. The second-order valence-corrected chi connectivity index (χ2v) is 9.12. The number of methoxy groups -OCH3 is 1. The Bertz CT molecular complexity index is 1180. The molecule has 31 heavy (non-hydrogen) atoms. The van der Waals surface area contributed by atoms with E-state index in [0.29, 0.717) is 27.1 Å². The van der Waals surface area contributed by atoms with Crippen molar-refractivity contribution in [3.8, 4) is 11.5 Å². The topological polar surface area (TPSA) is 77.0 Å².